The molecule has 4 nitrogen and oxygen atoms in total. The number of hydrogen-bond donors (Lipinski definition) is 1. The van der Waals surface area contributed by atoms with Gasteiger partial charge in [-0.3, -0.25) is 0 Å². The van der Waals surface area contributed by atoms with Crippen molar-refractivity contribution in [3.63, 3.8) is 0 Å². The third-order valence-corrected chi connectivity index (χ3v) is 5.95. The fraction of sp³-hybridized carbons (Fsp3) is 0.333. The van der Waals surface area contributed by atoms with E-state index in [4.69, 9.17) is 37.4 Å². The van der Waals surface area contributed by atoms with Crippen molar-refractivity contribution >= 4 is 28.9 Å². The molecule has 2 aromatic rings. The van der Waals surface area contributed by atoms with E-state index in [2.05, 4.69) is 17.5 Å². The number of methoxy groups -OCH3 is 3. The molecule has 0 saturated heterocycles. The highest BCUT2D eigenvalue weighted by Crippen LogP contribution is 2.53. The highest BCUT2D eigenvalue weighted by atomic mass is 35.5. The van der Waals surface area contributed by atoms with Crippen LogP contribution in [0.15, 0.2) is 36.4 Å². The lowest BCUT2D eigenvalue weighted by molar-refractivity contribution is 0.322. The SMILES string of the molecule is COc1cc([C@H]2Nc3c(Cl)cc(Cl)cc3[C@@H]3C=CC[C@@H]23)cc(OC)c1OC. The molecular weight excluding hydrogens is 385 g/mol. The zero-order valence-electron chi connectivity index (χ0n) is 15.4. The van der Waals surface area contributed by atoms with Crippen LogP contribution in [0.5, 0.6) is 17.2 Å². The van der Waals surface area contributed by atoms with Gasteiger partial charge in [0, 0.05) is 10.9 Å². The number of fused-ring (bicyclic) bond motifs is 3. The molecule has 0 bridgehead atoms. The molecule has 3 atom stereocenters. The van der Waals surface area contributed by atoms with E-state index >= 15 is 0 Å². The molecule has 0 spiro atoms. The van der Waals surface area contributed by atoms with E-state index in [0.29, 0.717) is 33.2 Å². The molecule has 27 heavy (non-hydrogen) atoms. The van der Waals surface area contributed by atoms with Crippen LogP contribution < -0.4 is 19.5 Å². The highest BCUT2D eigenvalue weighted by Gasteiger charge is 2.39. The minimum Gasteiger partial charge on any atom is -0.493 e. The molecular formula is C21H21Cl2NO3. The Morgan fingerprint density at radius 2 is 1.67 bits per heavy atom. The second-order valence-corrected chi connectivity index (χ2v) is 7.63. The number of ether oxygens (including phenoxy) is 3. The van der Waals surface area contributed by atoms with Crippen LogP contribution in [0.2, 0.25) is 10.0 Å². The van der Waals surface area contributed by atoms with Gasteiger partial charge in [-0.05, 0) is 47.7 Å². The number of anilines is 1. The summed E-state index contributed by atoms with van der Waals surface area (Å²) < 4.78 is 16.5. The van der Waals surface area contributed by atoms with Crippen molar-refractivity contribution in [1.29, 1.82) is 0 Å². The first kappa shape index (κ1) is 18.3. The van der Waals surface area contributed by atoms with Crippen LogP contribution in [0.25, 0.3) is 0 Å². The van der Waals surface area contributed by atoms with E-state index in [1.165, 1.54) is 0 Å². The molecule has 0 aromatic heterocycles. The summed E-state index contributed by atoms with van der Waals surface area (Å²) in [5.41, 5.74) is 3.16. The van der Waals surface area contributed by atoms with E-state index < -0.39 is 0 Å². The Bertz CT molecular complexity index is 888. The topological polar surface area (TPSA) is 39.7 Å². The van der Waals surface area contributed by atoms with E-state index in [1.54, 1.807) is 27.4 Å². The first-order valence-electron chi connectivity index (χ1n) is 8.79. The molecule has 1 N–H and O–H groups in total. The average molecular weight is 406 g/mol. The van der Waals surface area contributed by atoms with Crippen molar-refractivity contribution < 1.29 is 14.2 Å². The van der Waals surface area contributed by atoms with Crippen LogP contribution in [0, 0.1) is 5.92 Å². The Labute approximate surface area is 169 Å². The van der Waals surface area contributed by atoms with Gasteiger partial charge in [-0.15, -0.1) is 0 Å². The summed E-state index contributed by atoms with van der Waals surface area (Å²) in [5, 5.41) is 4.93. The molecule has 1 aliphatic heterocycles. The van der Waals surface area contributed by atoms with Crippen LogP contribution in [0.3, 0.4) is 0 Å². The summed E-state index contributed by atoms with van der Waals surface area (Å²) in [5.74, 6) is 2.50. The minimum atomic E-state index is 0.0601. The Balaban J connectivity index is 1.83. The van der Waals surface area contributed by atoms with Crippen molar-refractivity contribution in [2.75, 3.05) is 26.6 Å². The standard InChI is InChI=1S/C21H21Cl2NO3/c1-25-17-7-11(8-18(26-2)21(17)27-3)19-14-6-4-5-13(14)15-9-12(22)10-16(23)20(15)24-19/h4-5,7-10,13-14,19,24H,6H2,1-3H3/t13-,14-,19-/m1/s1. The van der Waals surface area contributed by atoms with Gasteiger partial charge in [-0.2, -0.15) is 0 Å². The maximum absolute atomic E-state index is 6.51. The number of hydrogen-bond acceptors (Lipinski definition) is 4. The van der Waals surface area contributed by atoms with Gasteiger partial charge in [0.1, 0.15) is 0 Å². The molecule has 2 aromatic carbocycles. The fourth-order valence-corrected chi connectivity index (χ4v) is 4.80. The zero-order valence-corrected chi connectivity index (χ0v) is 16.9. The molecule has 0 fully saturated rings. The van der Waals surface area contributed by atoms with Gasteiger partial charge in [0.25, 0.3) is 0 Å². The Morgan fingerprint density at radius 3 is 2.30 bits per heavy atom. The normalized spacial score (nSPS) is 22.6. The van der Waals surface area contributed by atoms with Gasteiger partial charge in [0.15, 0.2) is 11.5 Å². The third-order valence-electron chi connectivity index (χ3n) is 5.43. The van der Waals surface area contributed by atoms with Crippen molar-refractivity contribution in [3.05, 3.63) is 57.6 Å². The summed E-state index contributed by atoms with van der Waals surface area (Å²) in [4.78, 5) is 0. The Kier molecular flexibility index (Phi) is 4.87. The highest BCUT2D eigenvalue weighted by molar-refractivity contribution is 6.36. The first-order valence-corrected chi connectivity index (χ1v) is 9.55. The fourth-order valence-electron chi connectivity index (χ4n) is 4.23. The van der Waals surface area contributed by atoms with Crippen LogP contribution in [0.1, 0.15) is 29.5 Å². The van der Waals surface area contributed by atoms with Gasteiger partial charge in [0.2, 0.25) is 5.75 Å². The quantitative estimate of drug-likeness (QED) is 0.647. The van der Waals surface area contributed by atoms with Crippen molar-refractivity contribution in [1.82, 2.24) is 0 Å². The van der Waals surface area contributed by atoms with Gasteiger partial charge < -0.3 is 19.5 Å². The molecule has 0 amide bonds. The van der Waals surface area contributed by atoms with Crippen LogP contribution in [-0.2, 0) is 0 Å². The Hall–Kier alpha value is -2.04. The van der Waals surface area contributed by atoms with Gasteiger partial charge >= 0.3 is 0 Å². The first-order chi connectivity index (χ1) is 13.1. The van der Waals surface area contributed by atoms with Gasteiger partial charge in [-0.25, -0.2) is 0 Å². The van der Waals surface area contributed by atoms with E-state index in [1.807, 2.05) is 18.2 Å². The monoisotopic (exact) mass is 405 g/mol. The number of benzene rings is 2. The van der Waals surface area contributed by atoms with Crippen molar-refractivity contribution in [3.8, 4) is 17.2 Å². The molecule has 1 aliphatic carbocycles. The van der Waals surface area contributed by atoms with Crippen LogP contribution >= 0.6 is 23.2 Å². The van der Waals surface area contributed by atoms with Crippen LogP contribution in [-0.4, -0.2) is 21.3 Å². The molecule has 6 heteroatoms. The average Bonchev–Trinajstić information content (AvgIpc) is 3.16. The second kappa shape index (κ2) is 7.17. The number of halogens is 2. The summed E-state index contributed by atoms with van der Waals surface area (Å²) >= 11 is 12.8. The summed E-state index contributed by atoms with van der Waals surface area (Å²) in [7, 11) is 4.86. The molecule has 0 unspecified atom stereocenters. The molecule has 2 aliphatic rings. The third kappa shape index (κ3) is 3.01. The number of rotatable bonds is 4. The molecule has 0 radical (unpaired) electrons. The summed E-state index contributed by atoms with van der Waals surface area (Å²) in [6.07, 6.45) is 5.45. The number of nitrogens with one attached hydrogen (secondary N) is 1. The van der Waals surface area contributed by atoms with Crippen molar-refractivity contribution in [2.45, 2.75) is 18.4 Å². The van der Waals surface area contributed by atoms with Gasteiger partial charge in [0.05, 0.1) is 38.1 Å². The smallest absolute Gasteiger partial charge is 0.203 e. The maximum Gasteiger partial charge on any atom is 0.203 e. The summed E-state index contributed by atoms with van der Waals surface area (Å²) in [6, 6.07) is 7.85. The maximum atomic E-state index is 6.51. The number of allylic oxidation sites excluding steroid dienone is 2. The molecule has 142 valence electrons. The second-order valence-electron chi connectivity index (χ2n) is 6.79. The van der Waals surface area contributed by atoms with E-state index in [9.17, 15) is 0 Å². The molecule has 4 rings (SSSR count). The molecule has 0 saturated carbocycles. The van der Waals surface area contributed by atoms with Crippen molar-refractivity contribution in [2.24, 2.45) is 5.92 Å². The van der Waals surface area contributed by atoms with Gasteiger partial charge in [-0.1, -0.05) is 35.4 Å². The summed E-state index contributed by atoms with van der Waals surface area (Å²) in [6.45, 7) is 0. The lowest BCUT2D eigenvalue weighted by Crippen LogP contribution is -2.29. The lowest BCUT2D eigenvalue weighted by Gasteiger charge is -2.38. The van der Waals surface area contributed by atoms with E-state index in [0.717, 1.165) is 23.2 Å². The minimum absolute atomic E-state index is 0.0601. The molecule has 1 heterocycles. The predicted octanol–water partition coefficient (Wildman–Crippen LogP) is 5.85. The predicted molar refractivity (Wildman–Crippen MR) is 109 cm³/mol. The van der Waals surface area contributed by atoms with E-state index in [-0.39, 0.29) is 12.0 Å². The lowest BCUT2D eigenvalue weighted by atomic mass is 9.77. The van der Waals surface area contributed by atoms with Crippen LogP contribution in [0.4, 0.5) is 5.69 Å². The zero-order chi connectivity index (χ0) is 19.1. The Morgan fingerprint density at radius 1 is 0.963 bits per heavy atom. The largest absolute Gasteiger partial charge is 0.493 e.